The van der Waals surface area contributed by atoms with Gasteiger partial charge in [-0.1, -0.05) is 13.3 Å². The number of aromatic hydroxyl groups is 1. The molecule has 0 aliphatic rings. The van der Waals surface area contributed by atoms with Crippen LogP contribution in [0.1, 0.15) is 33.6 Å². The molecule has 1 aromatic rings. The van der Waals surface area contributed by atoms with E-state index in [9.17, 15) is 4.79 Å². The summed E-state index contributed by atoms with van der Waals surface area (Å²) in [6.07, 6.45) is 1.45. The molecule has 2 unspecified atom stereocenters. The minimum atomic E-state index is -0.547. The van der Waals surface area contributed by atoms with Crippen molar-refractivity contribution in [1.29, 1.82) is 0 Å². The number of phenols is 1. The zero-order valence-electron chi connectivity index (χ0n) is 11.1. The van der Waals surface area contributed by atoms with Crippen LogP contribution in [0.2, 0.25) is 0 Å². The minimum Gasteiger partial charge on any atom is -0.508 e. The first kappa shape index (κ1) is 14.4. The Morgan fingerprint density at radius 2 is 1.94 bits per heavy atom. The van der Waals surface area contributed by atoms with Gasteiger partial charge in [0, 0.05) is 6.04 Å². The molecule has 0 aromatic heterocycles. The quantitative estimate of drug-likeness (QED) is 0.816. The lowest BCUT2D eigenvalue weighted by atomic mass is 10.2. The Labute approximate surface area is 108 Å². The van der Waals surface area contributed by atoms with E-state index in [1.807, 2.05) is 6.92 Å². The third-order valence-electron chi connectivity index (χ3n) is 2.63. The first-order chi connectivity index (χ1) is 8.52. The van der Waals surface area contributed by atoms with Crippen LogP contribution < -0.4 is 10.1 Å². The number of ether oxygens (including phenoxy) is 1. The summed E-state index contributed by atoms with van der Waals surface area (Å²) in [6.45, 7) is 5.77. The van der Waals surface area contributed by atoms with Crippen LogP contribution in [0, 0.1) is 0 Å². The van der Waals surface area contributed by atoms with Crippen molar-refractivity contribution < 1.29 is 14.6 Å². The summed E-state index contributed by atoms with van der Waals surface area (Å²) in [5.74, 6) is 0.624. The predicted octanol–water partition coefficient (Wildman–Crippen LogP) is 2.46. The molecule has 0 bridgehead atoms. The summed E-state index contributed by atoms with van der Waals surface area (Å²) in [5, 5.41) is 12.0. The smallest absolute Gasteiger partial charge is 0.260 e. The molecule has 4 nitrogen and oxygen atoms in total. The normalized spacial score (nSPS) is 13.7. The fraction of sp³-hybridized carbons (Fsp3) is 0.500. The van der Waals surface area contributed by atoms with Gasteiger partial charge in [0.25, 0.3) is 5.91 Å². The predicted molar refractivity (Wildman–Crippen MR) is 70.7 cm³/mol. The number of nitrogens with one attached hydrogen (secondary N) is 1. The third-order valence-corrected chi connectivity index (χ3v) is 2.63. The Balaban J connectivity index is 2.46. The molecule has 1 rings (SSSR count). The number of hydrogen-bond acceptors (Lipinski definition) is 3. The molecule has 0 heterocycles. The summed E-state index contributed by atoms with van der Waals surface area (Å²) >= 11 is 0. The number of hydrogen-bond donors (Lipinski definition) is 2. The maximum Gasteiger partial charge on any atom is 0.260 e. The van der Waals surface area contributed by atoms with E-state index in [4.69, 9.17) is 9.84 Å². The van der Waals surface area contributed by atoms with E-state index < -0.39 is 6.10 Å². The van der Waals surface area contributed by atoms with Gasteiger partial charge in [0.2, 0.25) is 0 Å². The molecule has 2 N–H and O–H groups in total. The average molecular weight is 251 g/mol. The van der Waals surface area contributed by atoms with Gasteiger partial charge in [-0.2, -0.15) is 0 Å². The lowest BCUT2D eigenvalue weighted by molar-refractivity contribution is -0.127. The van der Waals surface area contributed by atoms with Gasteiger partial charge in [-0.25, -0.2) is 0 Å². The summed E-state index contributed by atoms with van der Waals surface area (Å²) in [4.78, 5) is 11.8. The topological polar surface area (TPSA) is 58.6 Å². The van der Waals surface area contributed by atoms with Crippen molar-refractivity contribution in [3.63, 3.8) is 0 Å². The number of carbonyl (C=O) groups excluding carboxylic acids is 1. The standard InChI is InChI=1S/C14H21NO3/c1-4-5-10(2)15-14(17)11(3)18-13-8-6-12(16)7-9-13/h6-11,16H,4-5H2,1-3H3,(H,15,17). The Bertz CT molecular complexity index is 375. The van der Waals surface area contributed by atoms with Gasteiger partial charge < -0.3 is 15.2 Å². The van der Waals surface area contributed by atoms with E-state index in [1.54, 1.807) is 19.1 Å². The third kappa shape index (κ3) is 4.65. The van der Waals surface area contributed by atoms with Gasteiger partial charge in [-0.15, -0.1) is 0 Å². The molecule has 4 heteroatoms. The number of rotatable bonds is 6. The van der Waals surface area contributed by atoms with Crippen LogP contribution in [0.25, 0.3) is 0 Å². The Morgan fingerprint density at radius 1 is 1.33 bits per heavy atom. The van der Waals surface area contributed by atoms with Crippen LogP contribution in [0.3, 0.4) is 0 Å². The van der Waals surface area contributed by atoms with Gasteiger partial charge in [0.1, 0.15) is 11.5 Å². The summed E-state index contributed by atoms with van der Waals surface area (Å²) in [6, 6.07) is 6.48. The molecule has 2 atom stereocenters. The van der Waals surface area contributed by atoms with Crippen molar-refractivity contribution in [2.45, 2.75) is 45.8 Å². The monoisotopic (exact) mass is 251 g/mol. The Kier molecular flexibility index (Phi) is 5.49. The Morgan fingerprint density at radius 3 is 2.50 bits per heavy atom. The lowest BCUT2D eigenvalue weighted by Gasteiger charge is -2.18. The largest absolute Gasteiger partial charge is 0.508 e. The van der Waals surface area contributed by atoms with Gasteiger partial charge in [-0.05, 0) is 44.5 Å². The number of carbonyl (C=O) groups is 1. The second-order valence-corrected chi connectivity index (χ2v) is 4.45. The van der Waals surface area contributed by atoms with Gasteiger partial charge in [0.15, 0.2) is 6.10 Å². The highest BCUT2D eigenvalue weighted by Gasteiger charge is 2.16. The molecule has 1 amide bonds. The first-order valence-electron chi connectivity index (χ1n) is 6.29. The molecule has 0 aliphatic heterocycles. The fourth-order valence-corrected chi connectivity index (χ4v) is 1.65. The van der Waals surface area contributed by atoms with E-state index in [0.717, 1.165) is 12.8 Å². The molecule has 18 heavy (non-hydrogen) atoms. The van der Waals surface area contributed by atoms with Crippen molar-refractivity contribution in [3.8, 4) is 11.5 Å². The van der Waals surface area contributed by atoms with E-state index in [0.29, 0.717) is 5.75 Å². The zero-order valence-corrected chi connectivity index (χ0v) is 11.1. The highest BCUT2D eigenvalue weighted by atomic mass is 16.5. The van der Waals surface area contributed by atoms with Crippen LogP contribution in [0.15, 0.2) is 24.3 Å². The Hall–Kier alpha value is -1.71. The molecule has 0 saturated carbocycles. The molecule has 0 fully saturated rings. The van der Waals surface area contributed by atoms with E-state index in [2.05, 4.69) is 12.2 Å². The maximum atomic E-state index is 11.8. The highest BCUT2D eigenvalue weighted by Crippen LogP contribution is 2.17. The van der Waals surface area contributed by atoms with Crippen molar-refractivity contribution in [2.75, 3.05) is 0 Å². The number of benzene rings is 1. The lowest BCUT2D eigenvalue weighted by Crippen LogP contribution is -2.41. The van der Waals surface area contributed by atoms with Crippen LogP contribution in [-0.2, 0) is 4.79 Å². The molecular formula is C14H21NO3. The molecule has 0 radical (unpaired) electrons. The molecule has 0 saturated heterocycles. The van der Waals surface area contributed by atoms with Gasteiger partial charge in [-0.3, -0.25) is 4.79 Å². The van der Waals surface area contributed by atoms with E-state index in [1.165, 1.54) is 12.1 Å². The maximum absolute atomic E-state index is 11.8. The molecule has 1 aromatic carbocycles. The fourth-order valence-electron chi connectivity index (χ4n) is 1.65. The van der Waals surface area contributed by atoms with Crippen molar-refractivity contribution in [2.24, 2.45) is 0 Å². The van der Waals surface area contributed by atoms with Crippen molar-refractivity contribution in [1.82, 2.24) is 5.32 Å². The second kappa shape index (κ2) is 6.89. The highest BCUT2D eigenvalue weighted by molar-refractivity contribution is 5.80. The SMILES string of the molecule is CCCC(C)NC(=O)C(C)Oc1ccc(O)cc1. The molecule has 0 aliphatic carbocycles. The van der Waals surface area contributed by atoms with Crippen molar-refractivity contribution >= 4 is 5.91 Å². The van der Waals surface area contributed by atoms with Crippen molar-refractivity contribution in [3.05, 3.63) is 24.3 Å². The van der Waals surface area contributed by atoms with Crippen LogP contribution in [0.5, 0.6) is 11.5 Å². The van der Waals surface area contributed by atoms with Crippen LogP contribution in [-0.4, -0.2) is 23.2 Å². The average Bonchev–Trinajstić information content (AvgIpc) is 2.32. The first-order valence-corrected chi connectivity index (χ1v) is 6.29. The van der Waals surface area contributed by atoms with Crippen LogP contribution in [0.4, 0.5) is 0 Å². The molecule has 0 spiro atoms. The van der Waals surface area contributed by atoms with E-state index >= 15 is 0 Å². The molecular weight excluding hydrogens is 230 g/mol. The summed E-state index contributed by atoms with van der Waals surface area (Å²) in [7, 11) is 0. The van der Waals surface area contributed by atoms with Crippen LogP contribution >= 0.6 is 0 Å². The summed E-state index contributed by atoms with van der Waals surface area (Å²) < 4.78 is 5.49. The zero-order chi connectivity index (χ0) is 13.5. The number of amides is 1. The molecule has 100 valence electrons. The number of phenolic OH excluding ortho intramolecular Hbond substituents is 1. The van der Waals surface area contributed by atoms with Gasteiger partial charge in [0.05, 0.1) is 0 Å². The minimum absolute atomic E-state index is 0.121. The second-order valence-electron chi connectivity index (χ2n) is 4.45. The summed E-state index contributed by atoms with van der Waals surface area (Å²) in [5.41, 5.74) is 0. The van der Waals surface area contributed by atoms with E-state index in [-0.39, 0.29) is 17.7 Å². The van der Waals surface area contributed by atoms with Gasteiger partial charge >= 0.3 is 0 Å².